The minimum Gasteiger partial charge on any atom is -0.377 e. The molecule has 1 atom stereocenters. The molecule has 0 unspecified atom stereocenters. The van der Waals surface area contributed by atoms with Gasteiger partial charge in [-0.05, 0) is 44.9 Å². The maximum atomic E-state index is 15.5. The molecule has 0 aliphatic carbocycles. The van der Waals surface area contributed by atoms with E-state index in [1.165, 1.54) is 26.1 Å². The number of piperidine rings is 1. The number of carbonyl (C=O) groups excluding carboxylic acids is 1. The first-order chi connectivity index (χ1) is 15.5. The van der Waals surface area contributed by atoms with Crippen LogP contribution in [0.3, 0.4) is 0 Å². The van der Waals surface area contributed by atoms with Crippen LogP contribution in [0.1, 0.15) is 38.2 Å². The second-order valence-electron chi connectivity index (χ2n) is 7.92. The lowest BCUT2D eigenvalue weighted by atomic mass is 9.87. The molecule has 1 saturated heterocycles. The van der Waals surface area contributed by atoms with Crippen molar-refractivity contribution in [3.8, 4) is 0 Å². The minimum atomic E-state index is -4.36. The molecule has 11 heteroatoms. The molecular formula is C22H25ClF2N4O3S. The minimum absolute atomic E-state index is 0.0244. The quantitative estimate of drug-likeness (QED) is 0.569. The highest BCUT2D eigenvalue weighted by atomic mass is 35.5. The monoisotopic (exact) mass is 498 g/mol. The SMILES string of the molecule is CNc1ncc(F)cc1S(=O)(=O)Nc1ccc(Cl)c([C@H]2CC/C(=C(/C)C(C)=O)N(C)C2)c1F. The van der Waals surface area contributed by atoms with Gasteiger partial charge in [0.2, 0.25) is 0 Å². The molecule has 0 radical (unpaired) electrons. The molecular weight excluding hydrogens is 474 g/mol. The van der Waals surface area contributed by atoms with Crippen LogP contribution in [0.25, 0.3) is 0 Å². The molecule has 0 amide bonds. The molecule has 1 aromatic carbocycles. The van der Waals surface area contributed by atoms with Crippen LogP contribution in [0.5, 0.6) is 0 Å². The number of anilines is 2. The molecule has 1 fully saturated rings. The first-order valence-electron chi connectivity index (χ1n) is 10.2. The summed E-state index contributed by atoms with van der Waals surface area (Å²) in [5, 5.41) is 2.76. The molecule has 33 heavy (non-hydrogen) atoms. The van der Waals surface area contributed by atoms with Crippen molar-refractivity contribution >= 4 is 38.9 Å². The number of nitrogens with one attached hydrogen (secondary N) is 2. The Morgan fingerprint density at radius 2 is 1.97 bits per heavy atom. The number of likely N-dealkylation sites (tertiary alicyclic amines) is 1. The van der Waals surface area contributed by atoms with Gasteiger partial charge in [-0.25, -0.2) is 22.2 Å². The highest BCUT2D eigenvalue weighted by Crippen LogP contribution is 2.39. The van der Waals surface area contributed by atoms with Gasteiger partial charge in [0.05, 0.1) is 11.9 Å². The maximum Gasteiger partial charge on any atom is 0.265 e. The summed E-state index contributed by atoms with van der Waals surface area (Å²) in [5.74, 6) is -2.06. The van der Waals surface area contributed by atoms with Crippen molar-refractivity contribution in [3.63, 3.8) is 0 Å². The standard InChI is InChI=1S/C22H25ClF2N4O3S/c1-12(13(2)30)18-8-5-14(11-29(18)4)20-16(23)6-7-17(21(20)25)28-33(31,32)19-9-15(24)10-27-22(19)26-3/h6-7,9-10,14,28H,5,8,11H2,1-4H3,(H,26,27)/b18-12+/t14-/m0/s1. The van der Waals surface area contributed by atoms with Gasteiger partial charge in [-0.15, -0.1) is 0 Å². The van der Waals surface area contributed by atoms with E-state index in [4.69, 9.17) is 11.6 Å². The maximum absolute atomic E-state index is 15.5. The van der Waals surface area contributed by atoms with E-state index in [-0.39, 0.29) is 33.8 Å². The number of pyridine rings is 1. The van der Waals surface area contributed by atoms with Crippen LogP contribution in [0, 0.1) is 11.6 Å². The van der Waals surface area contributed by atoms with Crippen molar-refractivity contribution in [3.05, 3.63) is 57.9 Å². The first-order valence-corrected chi connectivity index (χ1v) is 12.1. The largest absolute Gasteiger partial charge is 0.377 e. The molecule has 2 N–H and O–H groups in total. The van der Waals surface area contributed by atoms with Crippen LogP contribution in [0.15, 0.2) is 40.6 Å². The highest BCUT2D eigenvalue weighted by Gasteiger charge is 2.30. The van der Waals surface area contributed by atoms with Gasteiger partial charge in [0.25, 0.3) is 10.0 Å². The molecule has 2 aromatic rings. The summed E-state index contributed by atoms with van der Waals surface area (Å²) in [6.07, 6.45) is 1.97. The van der Waals surface area contributed by atoms with Gasteiger partial charge in [0.1, 0.15) is 16.5 Å². The number of allylic oxidation sites excluding steroid dienone is 2. The zero-order chi connectivity index (χ0) is 24.5. The number of aromatic nitrogens is 1. The lowest BCUT2D eigenvalue weighted by Crippen LogP contribution is -2.31. The number of carbonyl (C=O) groups is 1. The Kier molecular flexibility index (Phi) is 7.28. The highest BCUT2D eigenvalue weighted by molar-refractivity contribution is 7.92. The number of hydrogen-bond donors (Lipinski definition) is 2. The summed E-state index contributed by atoms with van der Waals surface area (Å²) < 4.78 is 57.2. The van der Waals surface area contributed by atoms with Crippen molar-refractivity contribution in [1.82, 2.24) is 9.88 Å². The number of rotatable bonds is 6. The van der Waals surface area contributed by atoms with Crippen LogP contribution in [-0.4, -0.2) is 44.7 Å². The Morgan fingerprint density at radius 1 is 1.27 bits per heavy atom. The van der Waals surface area contributed by atoms with Gasteiger partial charge < -0.3 is 10.2 Å². The van der Waals surface area contributed by atoms with Gasteiger partial charge in [0.15, 0.2) is 11.6 Å². The molecule has 0 spiro atoms. The third-order valence-corrected chi connectivity index (χ3v) is 7.48. The zero-order valence-corrected chi connectivity index (χ0v) is 20.2. The van der Waals surface area contributed by atoms with Gasteiger partial charge in [0, 0.05) is 48.4 Å². The topological polar surface area (TPSA) is 91.4 Å². The Balaban J connectivity index is 1.95. The fourth-order valence-electron chi connectivity index (χ4n) is 3.98. The third kappa shape index (κ3) is 5.11. The fraction of sp³-hybridized carbons (Fsp3) is 0.364. The van der Waals surface area contributed by atoms with Crippen molar-refractivity contribution in [1.29, 1.82) is 0 Å². The lowest BCUT2D eigenvalue weighted by molar-refractivity contribution is -0.113. The lowest BCUT2D eigenvalue weighted by Gasteiger charge is -2.35. The summed E-state index contributed by atoms with van der Waals surface area (Å²) in [5.41, 5.74) is 1.44. The summed E-state index contributed by atoms with van der Waals surface area (Å²) in [6.45, 7) is 3.67. The van der Waals surface area contributed by atoms with E-state index >= 15 is 4.39 Å². The summed E-state index contributed by atoms with van der Waals surface area (Å²) >= 11 is 6.32. The van der Waals surface area contributed by atoms with Crippen LogP contribution in [0.2, 0.25) is 5.02 Å². The van der Waals surface area contributed by atoms with Crippen LogP contribution < -0.4 is 10.0 Å². The number of sulfonamides is 1. The van der Waals surface area contributed by atoms with E-state index in [1.54, 1.807) is 6.92 Å². The van der Waals surface area contributed by atoms with Crippen molar-refractivity contribution in [2.24, 2.45) is 0 Å². The zero-order valence-electron chi connectivity index (χ0n) is 18.7. The second kappa shape index (κ2) is 9.64. The normalized spacial score (nSPS) is 18.2. The van der Waals surface area contributed by atoms with E-state index in [1.807, 2.05) is 11.9 Å². The smallest absolute Gasteiger partial charge is 0.265 e. The average Bonchev–Trinajstić information content (AvgIpc) is 2.75. The van der Waals surface area contributed by atoms with Gasteiger partial charge in [-0.3, -0.25) is 9.52 Å². The molecule has 3 rings (SSSR count). The number of nitrogens with zero attached hydrogens (tertiary/aromatic N) is 2. The number of hydrogen-bond acceptors (Lipinski definition) is 6. The Bertz CT molecular complexity index is 1230. The number of Topliss-reactive ketones (excluding diaryl/α,β-unsaturated/α-hetero) is 1. The predicted octanol–water partition coefficient (Wildman–Crippen LogP) is 4.53. The molecule has 2 heterocycles. The summed E-state index contributed by atoms with van der Waals surface area (Å²) in [6, 6.07) is 3.45. The number of benzene rings is 1. The van der Waals surface area contributed by atoms with Gasteiger partial charge in [-0.1, -0.05) is 11.6 Å². The van der Waals surface area contributed by atoms with Crippen molar-refractivity contribution < 1.29 is 22.0 Å². The number of likely N-dealkylation sites (N-methyl/N-ethyl adjacent to an activating group) is 1. The molecule has 1 aliphatic heterocycles. The molecule has 1 aromatic heterocycles. The Hall–Kier alpha value is -2.72. The van der Waals surface area contributed by atoms with Crippen LogP contribution in [0.4, 0.5) is 20.3 Å². The third-order valence-electron chi connectivity index (χ3n) is 5.77. The van der Waals surface area contributed by atoms with E-state index < -0.39 is 26.6 Å². The number of halogens is 3. The van der Waals surface area contributed by atoms with E-state index in [2.05, 4.69) is 15.0 Å². The van der Waals surface area contributed by atoms with Gasteiger partial charge >= 0.3 is 0 Å². The number of ketones is 1. The Labute approximate surface area is 196 Å². The van der Waals surface area contributed by atoms with Gasteiger partial charge in [-0.2, -0.15) is 0 Å². The van der Waals surface area contributed by atoms with E-state index in [0.29, 0.717) is 25.0 Å². The average molecular weight is 499 g/mol. The molecule has 7 nitrogen and oxygen atoms in total. The van der Waals surface area contributed by atoms with E-state index in [0.717, 1.165) is 18.0 Å². The summed E-state index contributed by atoms with van der Waals surface area (Å²) in [4.78, 5) is 16.9. The fourth-order valence-corrected chi connectivity index (χ4v) is 5.52. The van der Waals surface area contributed by atoms with E-state index in [9.17, 15) is 17.6 Å². The van der Waals surface area contributed by atoms with Crippen LogP contribution >= 0.6 is 11.6 Å². The Morgan fingerprint density at radius 3 is 2.58 bits per heavy atom. The molecule has 1 aliphatic rings. The molecule has 0 bridgehead atoms. The molecule has 178 valence electrons. The first kappa shape index (κ1) is 24.9. The second-order valence-corrected chi connectivity index (χ2v) is 9.98. The molecule has 0 saturated carbocycles. The summed E-state index contributed by atoms with van der Waals surface area (Å²) in [7, 11) is -1.09. The predicted molar refractivity (Wildman–Crippen MR) is 124 cm³/mol. The van der Waals surface area contributed by atoms with Crippen molar-refractivity contribution in [2.45, 2.75) is 37.5 Å². The van der Waals surface area contributed by atoms with Crippen molar-refractivity contribution in [2.75, 3.05) is 30.7 Å². The van der Waals surface area contributed by atoms with Crippen LogP contribution in [-0.2, 0) is 14.8 Å².